The van der Waals surface area contributed by atoms with Crippen molar-refractivity contribution in [2.24, 2.45) is 0 Å². The van der Waals surface area contributed by atoms with Crippen molar-refractivity contribution in [3.05, 3.63) is 78.2 Å². The highest BCUT2D eigenvalue weighted by molar-refractivity contribution is 5.85. The average Bonchev–Trinajstić information content (AvgIpc) is 3.01. The van der Waals surface area contributed by atoms with Gasteiger partial charge in [0, 0.05) is 11.5 Å². The third-order valence-corrected chi connectivity index (χ3v) is 4.13. The van der Waals surface area contributed by atoms with Crippen LogP contribution < -0.4 is 0 Å². The number of fused-ring (bicyclic) bond motifs is 1. The summed E-state index contributed by atoms with van der Waals surface area (Å²) in [6, 6.07) is 18.7. The van der Waals surface area contributed by atoms with Gasteiger partial charge in [-0.2, -0.15) is 5.10 Å². The van der Waals surface area contributed by atoms with E-state index in [-0.39, 0.29) is 5.75 Å². The van der Waals surface area contributed by atoms with Gasteiger partial charge in [0.25, 0.3) is 0 Å². The molecule has 118 valence electrons. The van der Waals surface area contributed by atoms with Crippen molar-refractivity contribution in [1.82, 2.24) is 9.78 Å². The summed E-state index contributed by atoms with van der Waals surface area (Å²) in [5.74, 6) is -1.02. The van der Waals surface area contributed by atoms with Crippen LogP contribution in [0.5, 0.6) is 5.75 Å². The molecule has 4 rings (SSSR count). The minimum atomic E-state index is -0.642. The first-order valence-electron chi connectivity index (χ1n) is 7.65. The smallest absolute Gasteiger partial charge is 0.164 e. The van der Waals surface area contributed by atoms with Gasteiger partial charge < -0.3 is 5.11 Å². The first-order chi connectivity index (χ1) is 11.6. The van der Waals surface area contributed by atoms with Gasteiger partial charge in [-0.15, -0.1) is 0 Å². The van der Waals surface area contributed by atoms with Crippen molar-refractivity contribution in [3.8, 4) is 22.6 Å². The Morgan fingerprint density at radius 2 is 1.67 bits per heavy atom. The highest BCUT2D eigenvalue weighted by atomic mass is 19.1. The fourth-order valence-corrected chi connectivity index (χ4v) is 2.80. The first-order valence-corrected chi connectivity index (χ1v) is 7.65. The molecule has 0 fully saturated rings. The quantitative estimate of drug-likeness (QED) is 0.574. The third kappa shape index (κ3) is 2.42. The summed E-state index contributed by atoms with van der Waals surface area (Å²) < 4.78 is 14.9. The Hall–Kier alpha value is -3.14. The van der Waals surface area contributed by atoms with Crippen molar-refractivity contribution in [1.29, 1.82) is 0 Å². The molecule has 0 unspecified atom stereocenters. The van der Waals surface area contributed by atoms with E-state index in [2.05, 4.69) is 42.4 Å². The zero-order chi connectivity index (χ0) is 16.7. The lowest BCUT2D eigenvalue weighted by atomic mass is 10.0. The molecule has 4 aromatic rings. The summed E-state index contributed by atoms with van der Waals surface area (Å²) in [6.45, 7) is 2.06. The lowest BCUT2D eigenvalue weighted by molar-refractivity contribution is 0.432. The lowest BCUT2D eigenvalue weighted by Crippen LogP contribution is -1.96. The lowest BCUT2D eigenvalue weighted by Gasteiger charge is -2.06. The summed E-state index contributed by atoms with van der Waals surface area (Å²) in [5.41, 5.74) is 5.01. The molecule has 3 aromatic carbocycles. The van der Waals surface area contributed by atoms with Crippen molar-refractivity contribution in [2.45, 2.75) is 6.92 Å². The number of hydrogen-bond donors (Lipinski definition) is 1. The molecule has 3 nitrogen and oxygen atoms in total. The van der Waals surface area contributed by atoms with Gasteiger partial charge in [0.15, 0.2) is 11.6 Å². The number of rotatable bonds is 2. The van der Waals surface area contributed by atoms with Gasteiger partial charge >= 0.3 is 0 Å². The van der Waals surface area contributed by atoms with E-state index in [1.54, 1.807) is 16.9 Å². The summed E-state index contributed by atoms with van der Waals surface area (Å²) in [6.07, 6.45) is 1.77. The van der Waals surface area contributed by atoms with Crippen LogP contribution in [0.1, 0.15) is 5.56 Å². The zero-order valence-electron chi connectivity index (χ0n) is 13.1. The van der Waals surface area contributed by atoms with Crippen LogP contribution >= 0.6 is 0 Å². The Bertz CT molecular complexity index is 1040. The van der Waals surface area contributed by atoms with Gasteiger partial charge in [-0.3, -0.25) is 0 Å². The van der Waals surface area contributed by atoms with Crippen LogP contribution in [0.3, 0.4) is 0 Å². The van der Waals surface area contributed by atoms with Gasteiger partial charge in [0.1, 0.15) is 0 Å². The van der Waals surface area contributed by atoms with Crippen LogP contribution in [-0.2, 0) is 0 Å². The molecule has 0 aliphatic carbocycles. The number of hydrogen-bond acceptors (Lipinski definition) is 2. The van der Waals surface area contributed by atoms with Crippen LogP contribution in [0.15, 0.2) is 66.9 Å². The standard InChI is InChI=1S/C20H15FN2O/c1-13-2-4-14(5-3-13)15-6-9-19-16(10-15)12-22-23(19)17-7-8-18(21)20(24)11-17/h2-12,24H,1H3. The number of benzene rings is 3. The molecule has 24 heavy (non-hydrogen) atoms. The molecule has 0 saturated heterocycles. The summed E-state index contributed by atoms with van der Waals surface area (Å²) in [5, 5.41) is 14.9. The monoisotopic (exact) mass is 318 g/mol. The highest BCUT2D eigenvalue weighted by Gasteiger charge is 2.09. The number of aromatic hydroxyl groups is 1. The Kier molecular flexibility index (Phi) is 3.31. The van der Waals surface area contributed by atoms with Crippen molar-refractivity contribution in [3.63, 3.8) is 0 Å². The normalized spacial score (nSPS) is 11.1. The molecular formula is C20H15FN2O. The number of halogens is 1. The molecular weight excluding hydrogens is 303 g/mol. The van der Waals surface area contributed by atoms with E-state index < -0.39 is 5.82 Å². The van der Waals surface area contributed by atoms with E-state index in [0.717, 1.165) is 22.0 Å². The Morgan fingerprint density at radius 1 is 0.917 bits per heavy atom. The van der Waals surface area contributed by atoms with E-state index in [9.17, 15) is 9.50 Å². The van der Waals surface area contributed by atoms with Crippen molar-refractivity contribution in [2.75, 3.05) is 0 Å². The molecule has 0 aliphatic heterocycles. The molecule has 0 amide bonds. The summed E-state index contributed by atoms with van der Waals surface area (Å²) >= 11 is 0. The molecule has 0 aliphatic rings. The first kappa shape index (κ1) is 14.5. The van der Waals surface area contributed by atoms with Gasteiger partial charge in [-0.25, -0.2) is 9.07 Å². The Labute approximate surface area is 138 Å². The van der Waals surface area contributed by atoms with Gasteiger partial charge in [0.2, 0.25) is 0 Å². The van der Waals surface area contributed by atoms with Crippen molar-refractivity contribution >= 4 is 10.9 Å². The van der Waals surface area contributed by atoms with E-state index in [4.69, 9.17) is 0 Å². The molecule has 0 bridgehead atoms. The molecule has 0 saturated carbocycles. The van der Waals surface area contributed by atoms with E-state index in [1.807, 2.05) is 12.1 Å². The van der Waals surface area contributed by atoms with E-state index >= 15 is 0 Å². The van der Waals surface area contributed by atoms with Crippen molar-refractivity contribution < 1.29 is 9.50 Å². The van der Waals surface area contributed by atoms with Crippen LogP contribution in [0.25, 0.3) is 27.7 Å². The largest absolute Gasteiger partial charge is 0.505 e. The van der Waals surface area contributed by atoms with Gasteiger partial charge in [0.05, 0.1) is 17.4 Å². The molecule has 0 atom stereocenters. The minimum Gasteiger partial charge on any atom is -0.505 e. The second-order valence-electron chi connectivity index (χ2n) is 5.83. The number of aryl methyl sites for hydroxylation is 1. The molecule has 1 N–H and O–H groups in total. The third-order valence-electron chi connectivity index (χ3n) is 4.13. The zero-order valence-corrected chi connectivity index (χ0v) is 13.1. The Morgan fingerprint density at radius 3 is 2.42 bits per heavy atom. The fraction of sp³-hybridized carbons (Fsp3) is 0.0500. The van der Waals surface area contributed by atoms with E-state index in [1.165, 1.54) is 17.7 Å². The maximum Gasteiger partial charge on any atom is 0.164 e. The van der Waals surface area contributed by atoms with Gasteiger partial charge in [-0.1, -0.05) is 35.9 Å². The predicted molar refractivity (Wildman–Crippen MR) is 92.9 cm³/mol. The highest BCUT2D eigenvalue weighted by Crippen LogP contribution is 2.27. The maximum atomic E-state index is 13.2. The second-order valence-corrected chi connectivity index (χ2v) is 5.83. The SMILES string of the molecule is Cc1ccc(-c2ccc3c(cnn3-c3ccc(F)c(O)c3)c2)cc1. The molecule has 0 spiro atoms. The van der Waals surface area contributed by atoms with Gasteiger partial charge in [-0.05, 0) is 42.3 Å². The Balaban J connectivity index is 1.80. The number of aromatic nitrogens is 2. The predicted octanol–water partition coefficient (Wildman–Crippen LogP) is 4.85. The molecule has 1 heterocycles. The number of nitrogens with zero attached hydrogens (tertiary/aromatic N) is 2. The molecule has 4 heteroatoms. The van der Waals surface area contributed by atoms with Crippen LogP contribution in [0, 0.1) is 12.7 Å². The molecule has 1 aromatic heterocycles. The maximum absolute atomic E-state index is 13.2. The molecule has 0 radical (unpaired) electrons. The second kappa shape index (κ2) is 5.49. The van der Waals surface area contributed by atoms with Crippen LogP contribution in [0.4, 0.5) is 4.39 Å². The number of phenolic OH excluding ortho intramolecular Hbond substituents is 1. The summed E-state index contributed by atoms with van der Waals surface area (Å²) in [4.78, 5) is 0. The summed E-state index contributed by atoms with van der Waals surface area (Å²) in [7, 11) is 0. The topological polar surface area (TPSA) is 38.0 Å². The fourth-order valence-electron chi connectivity index (χ4n) is 2.80. The van der Waals surface area contributed by atoms with Crippen LogP contribution in [0.2, 0.25) is 0 Å². The minimum absolute atomic E-state index is 0.382. The van der Waals surface area contributed by atoms with E-state index in [0.29, 0.717) is 5.69 Å². The average molecular weight is 318 g/mol. The van der Waals surface area contributed by atoms with Crippen LogP contribution in [-0.4, -0.2) is 14.9 Å². The number of phenols is 1.